The number of aromatic nitrogens is 3. The van der Waals surface area contributed by atoms with Crippen molar-refractivity contribution < 1.29 is 42.9 Å². The lowest BCUT2D eigenvalue weighted by Gasteiger charge is -2.43. The van der Waals surface area contributed by atoms with E-state index in [1.807, 2.05) is 0 Å². The summed E-state index contributed by atoms with van der Waals surface area (Å²) in [7, 11) is 1.44. The highest BCUT2D eigenvalue weighted by atomic mass is 19.2. The molecule has 2 aliphatic heterocycles. The molecule has 5 atom stereocenters. The van der Waals surface area contributed by atoms with Crippen molar-refractivity contribution in [2.45, 2.75) is 74.6 Å². The third-order valence-corrected chi connectivity index (χ3v) is 7.54. The third-order valence-electron chi connectivity index (χ3n) is 7.54. The number of rotatable bonds is 6. The fraction of sp³-hybridized carbons (Fsp3) is 0.583. The lowest BCUT2D eigenvalue weighted by molar-refractivity contribution is -0.210. The number of halogens is 3. The molecule has 0 unspecified atom stereocenters. The molecule has 0 bridgehead atoms. The molecule has 0 amide bonds. The van der Waals surface area contributed by atoms with Crippen molar-refractivity contribution >= 4 is 11.4 Å². The van der Waals surface area contributed by atoms with Crippen molar-refractivity contribution in [1.82, 2.24) is 15.0 Å². The molecule has 1 aromatic carbocycles. The Balaban J connectivity index is 1.36. The average molecular weight is 540 g/mol. The fourth-order valence-electron chi connectivity index (χ4n) is 5.49. The van der Waals surface area contributed by atoms with Gasteiger partial charge in [-0.25, -0.2) is 17.9 Å². The van der Waals surface area contributed by atoms with E-state index in [1.165, 1.54) is 18.0 Å². The lowest BCUT2D eigenvalue weighted by atomic mass is 9.79. The summed E-state index contributed by atoms with van der Waals surface area (Å²) < 4.78 is 53.9. The first-order valence-electron chi connectivity index (χ1n) is 12.2. The zero-order valence-electron chi connectivity index (χ0n) is 20.5. The van der Waals surface area contributed by atoms with Crippen LogP contribution in [0.5, 0.6) is 0 Å². The maximum atomic E-state index is 13.8. The van der Waals surface area contributed by atoms with E-state index in [9.17, 15) is 23.4 Å². The third kappa shape index (κ3) is 4.88. The van der Waals surface area contributed by atoms with E-state index in [1.54, 1.807) is 0 Å². The highest BCUT2D eigenvalue weighted by Gasteiger charge is 2.49. The van der Waals surface area contributed by atoms with Gasteiger partial charge in [-0.2, -0.15) is 0 Å². The van der Waals surface area contributed by atoms with Gasteiger partial charge in [0.05, 0.1) is 30.3 Å². The Morgan fingerprint density at radius 1 is 1.18 bits per heavy atom. The van der Waals surface area contributed by atoms with Crippen LogP contribution in [0, 0.1) is 17.5 Å². The number of methoxy groups -OCH3 is 1. The van der Waals surface area contributed by atoms with Crippen molar-refractivity contribution in [1.29, 1.82) is 0 Å². The zero-order valence-corrected chi connectivity index (χ0v) is 20.5. The maximum absolute atomic E-state index is 13.8. The molecule has 1 saturated heterocycles. The number of aliphatic hydroxyl groups excluding tert-OH is 2. The normalized spacial score (nSPS) is 31.4. The second-order valence-electron chi connectivity index (χ2n) is 9.89. The van der Waals surface area contributed by atoms with Gasteiger partial charge < -0.3 is 29.7 Å². The van der Waals surface area contributed by atoms with Crippen LogP contribution in [0.4, 0.5) is 13.2 Å². The number of benzene rings is 1. The summed E-state index contributed by atoms with van der Waals surface area (Å²) >= 11 is 0. The van der Waals surface area contributed by atoms with Crippen LogP contribution >= 0.6 is 0 Å². The minimum Gasteiger partial charge on any atom is -0.411 e. The number of oxime groups is 2. The summed E-state index contributed by atoms with van der Waals surface area (Å²) in [5.74, 6) is -4.33. The Hall–Kier alpha value is -3.07. The van der Waals surface area contributed by atoms with Gasteiger partial charge in [0.1, 0.15) is 35.6 Å². The predicted octanol–water partition coefficient (Wildman–Crippen LogP) is 2.35. The van der Waals surface area contributed by atoms with E-state index >= 15 is 0 Å². The van der Waals surface area contributed by atoms with Gasteiger partial charge in [-0.3, -0.25) is 0 Å². The topological polar surface area (TPSA) is 144 Å². The fourth-order valence-corrected chi connectivity index (χ4v) is 5.49. The van der Waals surface area contributed by atoms with Crippen molar-refractivity contribution in [2.75, 3.05) is 13.7 Å². The molecule has 1 aliphatic carbocycles. The van der Waals surface area contributed by atoms with Crippen LogP contribution in [0.15, 0.2) is 28.6 Å². The van der Waals surface area contributed by atoms with Crippen LogP contribution in [0.25, 0.3) is 11.3 Å². The van der Waals surface area contributed by atoms with E-state index in [0.29, 0.717) is 32.1 Å². The van der Waals surface area contributed by atoms with E-state index in [4.69, 9.17) is 19.5 Å². The van der Waals surface area contributed by atoms with Gasteiger partial charge in [0, 0.05) is 25.5 Å². The average Bonchev–Trinajstić information content (AvgIpc) is 3.55. The van der Waals surface area contributed by atoms with Crippen LogP contribution in [0.2, 0.25) is 0 Å². The van der Waals surface area contributed by atoms with Crippen LogP contribution < -0.4 is 0 Å². The molecule has 5 rings (SSSR count). The first-order chi connectivity index (χ1) is 18.3. The monoisotopic (exact) mass is 539 g/mol. The van der Waals surface area contributed by atoms with Gasteiger partial charge >= 0.3 is 0 Å². The smallest absolute Gasteiger partial charge is 0.194 e. The van der Waals surface area contributed by atoms with Crippen LogP contribution in [-0.4, -0.2) is 85.6 Å². The predicted molar refractivity (Wildman–Crippen MR) is 125 cm³/mol. The minimum absolute atomic E-state index is 0.0388. The molecule has 2 aromatic rings. The summed E-state index contributed by atoms with van der Waals surface area (Å²) in [5.41, 5.74) is 0.986. The van der Waals surface area contributed by atoms with Crippen LogP contribution in [0.3, 0.4) is 0 Å². The number of nitrogens with zero attached hydrogens (tertiary/aromatic N) is 5. The van der Waals surface area contributed by atoms with Gasteiger partial charge in [-0.15, -0.1) is 5.10 Å². The van der Waals surface area contributed by atoms with Gasteiger partial charge in [0.25, 0.3) is 0 Å². The Kier molecular flexibility index (Phi) is 7.40. The molecule has 3 heterocycles. The second kappa shape index (κ2) is 10.6. The zero-order chi connectivity index (χ0) is 27.0. The highest BCUT2D eigenvalue weighted by Crippen LogP contribution is 2.40. The Morgan fingerprint density at radius 3 is 2.53 bits per heavy atom. The van der Waals surface area contributed by atoms with Crippen molar-refractivity contribution in [3.05, 3.63) is 35.8 Å². The lowest BCUT2D eigenvalue weighted by Crippen LogP contribution is -2.57. The van der Waals surface area contributed by atoms with Gasteiger partial charge in [-0.05, 0) is 37.8 Å². The van der Waals surface area contributed by atoms with Crippen molar-refractivity contribution in [2.24, 2.45) is 10.3 Å². The van der Waals surface area contributed by atoms with Gasteiger partial charge in [0.2, 0.25) is 0 Å². The molecule has 3 N–H and O–H groups in total. The molecule has 206 valence electrons. The molecule has 1 spiro atoms. The maximum Gasteiger partial charge on any atom is 0.194 e. The molecule has 0 radical (unpaired) electrons. The van der Waals surface area contributed by atoms with Crippen LogP contribution in [-0.2, 0) is 14.3 Å². The summed E-state index contributed by atoms with van der Waals surface area (Å²) in [6.45, 7) is -0.489. The molecule has 1 saturated carbocycles. The number of hydrogen-bond donors (Lipinski definition) is 3. The van der Waals surface area contributed by atoms with E-state index < -0.39 is 60.1 Å². The molecule has 1 aromatic heterocycles. The summed E-state index contributed by atoms with van der Waals surface area (Å²) in [5, 5.41) is 45.5. The Morgan fingerprint density at radius 2 is 1.89 bits per heavy atom. The molecule has 11 nitrogen and oxygen atoms in total. The largest absolute Gasteiger partial charge is 0.411 e. The molecule has 3 aliphatic rings. The molecule has 38 heavy (non-hydrogen) atoms. The SMILES string of the molecule is CO[C@@H]1[C@@H](n2cc(-c3cc(F)c(F)c(F)c3)nn2)[C@@H](O)[C@@H](CO)O[C@@H]1CC1=NOC2(CCC(=NO)CC2)C1. The highest BCUT2D eigenvalue weighted by molar-refractivity contribution is 5.88. The summed E-state index contributed by atoms with van der Waals surface area (Å²) in [4.78, 5) is 5.80. The quantitative estimate of drug-likeness (QED) is 0.288. The van der Waals surface area contributed by atoms with Crippen molar-refractivity contribution in [3.63, 3.8) is 0 Å². The Labute approximate surface area is 215 Å². The number of aliphatic hydroxyl groups is 2. The molecular weight excluding hydrogens is 511 g/mol. The summed E-state index contributed by atoms with van der Waals surface area (Å²) in [6.07, 6.45) is 1.05. The Bertz CT molecular complexity index is 1210. The van der Waals surface area contributed by atoms with E-state index in [0.717, 1.165) is 23.6 Å². The molecule has 2 fully saturated rings. The first-order valence-corrected chi connectivity index (χ1v) is 12.2. The van der Waals surface area contributed by atoms with Gasteiger partial charge in [0.15, 0.2) is 17.5 Å². The number of hydrogen-bond acceptors (Lipinski definition) is 10. The summed E-state index contributed by atoms with van der Waals surface area (Å²) in [6, 6.07) is 0.714. The van der Waals surface area contributed by atoms with E-state index in [2.05, 4.69) is 20.6 Å². The van der Waals surface area contributed by atoms with Gasteiger partial charge in [-0.1, -0.05) is 15.5 Å². The first kappa shape index (κ1) is 26.5. The van der Waals surface area contributed by atoms with E-state index in [-0.39, 0.29) is 17.7 Å². The minimum atomic E-state index is -1.59. The number of ether oxygens (including phenoxy) is 2. The van der Waals surface area contributed by atoms with Crippen LogP contribution in [0.1, 0.15) is 44.6 Å². The molecule has 14 heteroatoms. The second-order valence-corrected chi connectivity index (χ2v) is 9.89. The standard InChI is InChI=1S/C24H28F3N5O6/c1-36-23-18(8-14-9-24(38-30-14)4-2-13(29-35)3-5-24)37-19(11-33)22(34)21(23)32-10-17(28-31-32)12-6-15(25)20(27)16(26)7-12/h6-7,10,18-19,21-23,33-35H,2-5,8-9,11H2,1H3/t18-,19-,21+,22+,23+,24?/m1/s1. The van der Waals surface area contributed by atoms with Crippen molar-refractivity contribution in [3.8, 4) is 11.3 Å². The molecular formula is C24H28F3N5O6.